The molecule has 0 aromatic heterocycles. The second-order valence-electron chi connectivity index (χ2n) is 4.06. The van der Waals surface area contributed by atoms with Gasteiger partial charge in [0.05, 0.1) is 0 Å². The van der Waals surface area contributed by atoms with Gasteiger partial charge in [0.15, 0.2) is 5.78 Å². The van der Waals surface area contributed by atoms with E-state index in [2.05, 4.69) is 5.92 Å². The molecule has 0 fully saturated rings. The second kappa shape index (κ2) is 5.97. The van der Waals surface area contributed by atoms with E-state index < -0.39 is 5.82 Å². The lowest BCUT2D eigenvalue weighted by Crippen LogP contribution is -1.96. The van der Waals surface area contributed by atoms with Crippen molar-refractivity contribution in [1.82, 2.24) is 0 Å². The van der Waals surface area contributed by atoms with Gasteiger partial charge in [-0.2, -0.15) is 0 Å². The maximum absolute atomic E-state index is 13.9. The minimum atomic E-state index is -0.395. The fourth-order valence-corrected chi connectivity index (χ4v) is 1.55. The molecule has 0 aliphatic heterocycles. The van der Waals surface area contributed by atoms with Crippen molar-refractivity contribution < 1.29 is 9.18 Å². The van der Waals surface area contributed by atoms with Crippen LogP contribution >= 0.6 is 0 Å². The number of carbonyl (C=O) groups excluding carboxylic acids is 1. The first kappa shape index (κ1) is 13.9. The normalized spacial score (nSPS) is 12.2. The summed E-state index contributed by atoms with van der Waals surface area (Å²) in [5.41, 5.74) is 2.55. The minimum Gasteiger partial charge on any atom is -0.295 e. The lowest BCUT2D eigenvalue weighted by Gasteiger charge is -2.07. The molecule has 0 amide bonds. The third-order valence-electron chi connectivity index (χ3n) is 2.80. The molecule has 18 heavy (non-hydrogen) atoms. The number of hydrogen-bond acceptors (Lipinski definition) is 1. The maximum Gasteiger partial charge on any atom is 0.159 e. The Morgan fingerprint density at radius 3 is 2.50 bits per heavy atom. The van der Waals surface area contributed by atoms with E-state index in [1.165, 1.54) is 13.0 Å². The van der Waals surface area contributed by atoms with Crippen molar-refractivity contribution in [3.63, 3.8) is 0 Å². The molecular weight excluding hydrogens is 227 g/mol. The molecule has 0 N–H and O–H groups in total. The van der Waals surface area contributed by atoms with Gasteiger partial charge in [-0.25, -0.2) is 4.39 Å². The van der Waals surface area contributed by atoms with Crippen LogP contribution in [0.15, 0.2) is 35.9 Å². The zero-order chi connectivity index (χ0) is 13.7. The summed E-state index contributed by atoms with van der Waals surface area (Å²) >= 11 is 0. The summed E-state index contributed by atoms with van der Waals surface area (Å²) in [4.78, 5) is 11.1. The Hall–Kier alpha value is -2.14. The summed E-state index contributed by atoms with van der Waals surface area (Å²) in [5.74, 6) is 1.85. The average Bonchev–Trinajstić information content (AvgIpc) is 2.34. The molecular formula is C16H15FO. The number of rotatable bonds is 3. The van der Waals surface area contributed by atoms with Gasteiger partial charge in [-0.15, -0.1) is 6.42 Å². The van der Waals surface area contributed by atoms with Crippen LogP contribution in [0.25, 0.3) is 5.57 Å². The number of hydrogen-bond donors (Lipinski definition) is 0. The summed E-state index contributed by atoms with van der Waals surface area (Å²) in [5, 5.41) is 0. The van der Waals surface area contributed by atoms with Crippen molar-refractivity contribution >= 4 is 11.4 Å². The van der Waals surface area contributed by atoms with Gasteiger partial charge in [-0.3, -0.25) is 4.79 Å². The Bertz CT molecular complexity index is 571. The van der Waals surface area contributed by atoms with E-state index in [1.54, 1.807) is 24.3 Å². The van der Waals surface area contributed by atoms with E-state index in [-0.39, 0.29) is 5.78 Å². The molecule has 2 heteroatoms. The predicted molar refractivity (Wildman–Crippen MR) is 72.6 cm³/mol. The standard InChI is InChI=1S/C16H15FO/c1-5-6-7-11(2)12(3)15-9-8-14(13(4)18)10-16(15)17/h1,6-10H,2-4H3/b7-6-,12-11+. The topological polar surface area (TPSA) is 17.1 Å². The third kappa shape index (κ3) is 3.18. The highest BCUT2D eigenvalue weighted by molar-refractivity contribution is 5.94. The molecule has 0 spiro atoms. The molecule has 1 nitrogen and oxygen atoms in total. The van der Waals surface area contributed by atoms with E-state index >= 15 is 0 Å². The number of benzene rings is 1. The van der Waals surface area contributed by atoms with Crippen LogP contribution in [-0.2, 0) is 0 Å². The Morgan fingerprint density at radius 2 is 2.00 bits per heavy atom. The number of ketones is 1. The molecule has 1 aromatic rings. The van der Waals surface area contributed by atoms with E-state index in [0.29, 0.717) is 11.1 Å². The monoisotopic (exact) mass is 242 g/mol. The molecule has 1 rings (SSSR count). The molecule has 92 valence electrons. The smallest absolute Gasteiger partial charge is 0.159 e. The summed E-state index contributed by atoms with van der Waals surface area (Å²) in [7, 11) is 0. The van der Waals surface area contributed by atoms with Gasteiger partial charge in [-0.1, -0.05) is 24.1 Å². The Labute approximate surface area is 107 Å². The zero-order valence-electron chi connectivity index (χ0n) is 10.8. The zero-order valence-corrected chi connectivity index (χ0v) is 10.8. The van der Waals surface area contributed by atoms with Crippen molar-refractivity contribution in [1.29, 1.82) is 0 Å². The first-order valence-electron chi connectivity index (χ1n) is 5.58. The SMILES string of the molecule is C#C/C=C\C(C)=C(/C)c1ccc(C(C)=O)cc1F. The van der Waals surface area contributed by atoms with Crippen LogP contribution in [0.4, 0.5) is 4.39 Å². The van der Waals surface area contributed by atoms with Gasteiger partial charge in [0.1, 0.15) is 5.82 Å². The van der Waals surface area contributed by atoms with Gasteiger partial charge in [0.25, 0.3) is 0 Å². The molecule has 0 aliphatic carbocycles. The number of terminal acetylenes is 1. The van der Waals surface area contributed by atoms with Crippen LogP contribution < -0.4 is 0 Å². The minimum absolute atomic E-state index is 0.147. The highest BCUT2D eigenvalue weighted by Gasteiger charge is 2.08. The first-order chi connectivity index (χ1) is 8.47. The maximum atomic E-state index is 13.9. The Kier molecular flexibility index (Phi) is 4.62. The number of allylic oxidation sites excluding steroid dienone is 4. The van der Waals surface area contributed by atoms with E-state index in [9.17, 15) is 9.18 Å². The molecule has 1 aromatic carbocycles. The third-order valence-corrected chi connectivity index (χ3v) is 2.80. The van der Waals surface area contributed by atoms with Crippen LogP contribution in [0, 0.1) is 18.2 Å². The first-order valence-corrected chi connectivity index (χ1v) is 5.58. The molecule has 0 unspecified atom stereocenters. The number of halogens is 1. The van der Waals surface area contributed by atoms with E-state index in [1.807, 2.05) is 13.8 Å². The molecule has 0 radical (unpaired) electrons. The van der Waals surface area contributed by atoms with Crippen LogP contribution in [0.1, 0.15) is 36.7 Å². The Morgan fingerprint density at radius 1 is 1.33 bits per heavy atom. The predicted octanol–water partition coefficient (Wildman–Crippen LogP) is 4.01. The fraction of sp³-hybridized carbons (Fsp3) is 0.188. The Balaban J connectivity index is 3.23. The molecule has 0 saturated carbocycles. The summed E-state index contributed by atoms with van der Waals surface area (Å²) in [6.07, 6.45) is 8.46. The van der Waals surface area contributed by atoms with Gasteiger partial charge in [0, 0.05) is 11.1 Å². The quantitative estimate of drug-likeness (QED) is 0.444. The lowest BCUT2D eigenvalue weighted by atomic mass is 9.99. The van der Waals surface area contributed by atoms with Gasteiger partial charge in [0.2, 0.25) is 0 Å². The number of carbonyl (C=O) groups is 1. The molecule has 0 saturated heterocycles. The van der Waals surface area contributed by atoms with Crippen molar-refractivity contribution in [2.24, 2.45) is 0 Å². The average molecular weight is 242 g/mol. The van der Waals surface area contributed by atoms with Crippen LogP contribution in [0.3, 0.4) is 0 Å². The highest BCUT2D eigenvalue weighted by atomic mass is 19.1. The van der Waals surface area contributed by atoms with Crippen LogP contribution in [0.5, 0.6) is 0 Å². The summed E-state index contributed by atoms with van der Waals surface area (Å²) in [6.45, 7) is 5.10. The van der Waals surface area contributed by atoms with E-state index in [4.69, 9.17) is 6.42 Å². The van der Waals surface area contributed by atoms with Crippen molar-refractivity contribution in [3.05, 3.63) is 52.9 Å². The second-order valence-corrected chi connectivity index (χ2v) is 4.06. The van der Waals surface area contributed by atoms with Crippen molar-refractivity contribution in [2.75, 3.05) is 0 Å². The number of Topliss-reactive ketones (excluding diaryl/α,β-unsaturated/α-hetero) is 1. The van der Waals surface area contributed by atoms with Crippen LogP contribution in [-0.4, -0.2) is 5.78 Å². The van der Waals surface area contributed by atoms with Crippen molar-refractivity contribution in [3.8, 4) is 12.3 Å². The summed E-state index contributed by atoms with van der Waals surface area (Å²) < 4.78 is 13.9. The van der Waals surface area contributed by atoms with Gasteiger partial charge >= 0.3 is 0 Å². The van der Waals surface area contributed by atoms with Crippen LogP contribution in [0.2, 0.25) is 0 Å². The van der Waals surface area contributed by atoms with Gasteiger partial charge in [-0.05, 0) is 44.1 Å². The fourth-order valence-electron chi connectivity index (χ4n) is 1.55. The largest absolute Gasteiger partial charge is 0.295 e. The lowest BCUT2D eigenvalue weighted by molar-refractivity contribution is 0.101. The molecule has 0 bridgehead atoms. The molecule has 0 aliphatic rings. The highest BCUT2D eigenvalue weighted by Crippen LogP contribution is 2.23. The van der Waals surface area contributed by atoms with Gasteiger partial charge < -0.3 is 0 Å². The summed E-state index contributed by atoms with van der Waals surface area (Å²) in [6, 6.07) is 4.51. The molecule has 0 heterocycles. The van der Waals surface area contributed by atoms with E-state index in [0.717, 1.165) is 11.1 Å². The van der Waals surface area contributed by atoms with Crippen molar-refractivity contribution in [2.45, 2.75) is 20.8 Å². The molecule has 0 atom stereocenters.